The van der Waals surface area contributed by atoms with E-state index in [1.54, 1.807) is 0 Å². The maximum absolute atomic E-state index is 3.53. The third kappa shape index (κ3) is 4.16. The molecule has 0 bridgehead atoms. The van der Waals surface area contributed by atoms with Crippen LogP contribution in [0.3, 0.4) is 0 Å². The minimum Gasteiger partial charge on any atom is -0.309 e. The van der Waals surface area contributed by atoms with E-state index in [1.165, 1.54) is 16.7 Å². The fourth-order valence-corrected chi connectivity index (χ4v) is 2.74. The fraction of sp³-hybridized carbons (Fsp3) is 0.250. The molecular formula is C16H17Br2N. The van der Waals surface area contributed by atoms with Crippen molar-refractivity contribution < 1.29 is 0 Å². The third-order valence-corrected chi connectivity index (χ3v) is 5.01. The van der Waals surface area contributed by atoms with Gasteiger partial charge in [0.25, 0.3) is 0 Å². The maximum atomic E-state index is 3.53. The van der Waals surface area contributed by atoms with E-state index < -0.39 is 0 Å². The number of rotatable bonds is 5. The lowest BCUT2D eigenvalue weighted by atomic mass is 10.1. The molecule has 0 saturated heterocycles. The molecule has 19 heavy (non-hydrogen) atoms. The topological polar surface area (TPSA) is 12.0 Å². The first-order valence-corrected chi connectivity index (χ1v) is 8.00. The van der Waals surface area contributed by atoms with Crippen LogP contribution in [0.1, 0.15) is 23.6 Å². The molecule has 2 aromatic carbocycles. The minimum atomic E-state index is 0.879. The maximum Gasteiger partial charge on any atom is 0.0320 e. The van der Waals surface area contributed by atoms with Crippen molar-refractivity contribution in [1.82, 2.24) is 5.32 Å². The summed E-state index contributed by atoms with van der Waals surface area (Å²) in [6, 6.07) is 15.0. The largest absolute Gasteiger partial charge is 0.309 e. The lowest BCUT2D eigenvalue weighted by Crippen LogP contribution is -2.13. The van der Waals surface area contributed by atoms with E-state index in [-0.39, 0.29) is 0 Å². The lowest BCUT2D eigenvalue weighted by Gasteiger charge is -2.09. The highest BCUT2D eigenvalue weighted by molar-refractivity contribution is 9.13. The Morgan fingerprint density at radius 1 is 0.895 bits per heavy atom. The second kappa shape index (κ2) is 7.22. The average Bonchev–Trinajstić information content (AvgIpc) is 2.43. The molecule has 0 aliphatic heterocycles. The average molecular weight is 383 g/mol. The van der Waals surface area contributed by atoms with Gasteiger partial charge < -0.3 is 5.32 Å². The molecular weight excluding hydrogens is 366 g/mol. The Labute approximate surface area is 131 Å². The van der Waals surface area contributed by atoms with Gasteiger partial charge in [0.1, 0.15) is 0 Å². The van der Waals surface area contributed by atoms with Crippen molar-refractivity contribution in [1.29, 1.82) is 0 Å². The van der Waals surface area contributed by atoms with Crippen LogP contribution < -0.4 is 5.32 Å². The second-order valence-corrected chi connectivity index (χ2v) is 6.18. The summed E-state index contributed by atoms with van der Waals surface area (Å²) in [6.45, 7) is 3.99. The fourth-order valence-electron chi connectivity index (χ4n) is 2.07. The van der Waals surface area contributed by atoms with Crippen LogP contribution in [0.15, 0.2) is 51.4 Å². The Balaban J connectivity index is 1.94. The summed E-state index contributed by atoms with van der Waals surface area (Å²) in [6.07, 6.45) is 1.09. The predicted molar refractivity (Wildman–Crippen MR) is 88.2 cm³/mol. The Hall–Kier alpha value is -0.640. The second-order valence-electron chi connectivity index (χ2n) is 4.47. The Bertz CT molecular complexity index is 552. The molecule has 0 aliphatic rings. The van der Waals surface area contributed by atoms with Crippen molar-refractivity contribution in [2.75, 3.05) is 0 Å². The summed E-state index contributed by atoms with van der Waals surface area (Å²) in [5.41, 5.74) is 4.09. The molecule has 1 N–H and O–H groups in total. The van der Waals surface area contributed by atoms with Gasteiger partial charge in [-0.05, 0) is 67.1 Å². The van der Waals surface area contributed by atoms with Crippen LogP contribution in [-0.4, -0.2) is 0 Å². The first-order valence-electron chi connectivity index (χ1n) is 6.42. The number of halogens is 2. The zero-order valence-electron chi connectivity index (χ0n) is 10.9. The highest BCUT2D eigenvalue weighted by Crippen LogP contribution is 2.23. The van der Waals surface area contributed by atoms with Crippen LogP contribution >= 0.6 is 31.9 Å². The van der Waals surface area contributed by atoms with Crippen molar-refractivity contribution in [3.8, 4) is 0 Å². The van der Waals surface area contributed by atoms with Crippen LogP contribution in [0.4, 0.5) is 0 Å². The van der Waals surface area contributed by atoms with Gasteiger partial charge in [0, 0.05) is 22.0 Å². The van der Waals surface area contributed by atoms with Crippen molar-refractivity contribution in [3.63, 3.8) is 0 Å². The normalized spacial score (nSPS) is 10.7. The third-order valence-electron chi connectivity index (χ3n) is 3.13. The molecule has 0 spiro atoms. The van der Waals surface area contributed by atoms with Gasteiger partial charge in [0.15, 0.2) is 0 Å². The van der Waals surface area contributed by atoms with Crippen LogP contribution in [-0.2, 0) is 19.5 Å². The predicted octanol–water partition coefficient (Wildman–Crippen LogP) is 5.06. The quantitative estimate of drug-likeness (QED) is 0.761. The van der Waals surface area contributed by atoms with Gasteiger partial charge in [-0.15, -0.1) is 0 Å². The van der Waals surface area contributed by atoms with E-state index in [1.807, 2.05) is 0 Å². The van der Waals surface area contributed by atoms with Crippen molar-refractivity contribution >= 4 is 31.9 Å². The van der Waals surface area contributed by atoms with Gasteiger partial charge in [0.2, 0.25) is 0 Å². The first-order chi connectivity index (χ1) is 9.20. The summed E-state index contributed by atoms with van der Waals surface area (Å²) in [7, 11) is 0. The minimum absolute atomic E-state index is 0.879. The van der Waals surface area contributed by atoms with E-state index in [4.69, 9.17) is 0 Å². The van der Waals surface area contributed by atoms with E-state index in [0.717, 1.165) is 28.5 Å². The zero-order valence-corrected chi connectivity index (χ0v) is 14.1. The molecule has 2 aromatic rings. The molecule has 0 unspecified atom stereocenters. The van der Waals surface area contributed by atoms with Crippen LogP contribution in [0.2, 0.25) is 0 Å². The van der Waals surface area contributed by atoms with Crippen molar-refractivity contribution in [3.05, 3.63) is 68.1 Å². The highest BCUT2D eigenvalue weighted by atomic mass is 79.9. The molecule has 0 saturated carbocycles. The van der Waals surface area contributed by atoms with E-state index in [0.29, 0.717) is 0 Å². The SMILES string of the molecule is CCc1ccccc1CNCc1ccc(Br)c(Br)c1. The van der Waals surface area contributed by atoms with Gasteiger partial charge in [-0.25, -0.2) is 0 Å². The first kappa shape index (κ1) is 14.8. The Kier molecular flexibility index (Phi) is 5.61. The van der Waals surface area contributed by atoms with Gasteiger partial charge in [-0.1, -0.05) is 37.3 Å². The van der Waals surface area contributed by atoms with Crippen LogP contribution in [0.25, 0.3) is 0 Å². The molecule has 0 atom stereocenters. The number of nitrogens with one attached hydrogen (secondary N) is 1. The molecule has 1 nitrogen and oxygen atoms in total. The highest BCUT2D eigenvalue weighted by Gasteiger charge is 2.01. The standard InChI is InChI=1S/C16H17Br2N/c1-2-13-5-3-4-6-14(13)11-19-10-12-7-8-15(17)16(18)9-12/h3-9,19H,2,10-11H2,1H3. The molecule has 100 valence electrons. The van der Waals surface area contributed by atoms with Gasteiger partial charge in [-0.3, -0.25) is 0 Å². The molecule has 3 heteroatoms. The number of benzene rings is 2. The van der Waals surface area contributed by atoms with Gasteiger partial charge in [-0.2, -0.15) is 0 Å². The molecule has 0 aliphatic carbocycles. The zero-order chi connectivity index (χ0) is 13.7. The molecule has 0 radical (unpaired) electrons. The number of aryl methyl sites for hydroxylation is 1. The molecule has 0 aromatic heterocycles. The summed E-state index contributed by atoms with van der Waals surface area (Å²) in [5, 5.41) is 3.50. The monoisotopic (exact) mass is 381 g/mol. The molecule has 0 fully saturated rings. The van der Waals surface area contributed by atoms with Crippen LogP contribution in [0.5, 0.6) is 0 Å². The lowest BCUT2D eigenvalue weighted by molar-refractivity contribution is 0.688. The van der Waals surface area contributed by atoms with E-state index in [2.05, 4.69) is 86.6 Å². The van der Waals surface area contributed by atoms with Crippen molar-refractivity contribution in [2.24, 2.45) is 0 Å². The Morgan fingerprint density at radius 3 is 2.32 bits per heavy atom. The van der Waals surface area contributed by atoms with E-state index >= 15 is 0 Å². The molecule has 0 heterocycles. The Morgan fingerprint density at radius 2 is 1.63 bits per heavy atom. The van der Waals surface area contributed by atoms with Crippen LogP contribution in [0, 0.1) is 0 Å². The molecule has 2 rings (SSSR count). The van der Waals surface area contributed by atoms with E-state index in [9.17, 15) is 0 Å². The summed E-state index contributed by atoms with van der Waals surface area (Å²) >= 11 is 7.02. The van der Waals surface area contributed by atoms with Crippen molar-refractivity contribution in [2.45, 2.75) is 26.4 Å². The number of hydrogen-bond donors (Lipinski definition) is 1. The smallest absolute Gasteiger partial charge is 0.0320 e. The van der Waals surface area contributed by atoms with Gasteiger partial charge in [0.05, 0.1) is 0 Å². The summed E-state index contributed by atoms with van der Waals surface area (Å²) in [5.74, 6) is 0. The molecule has 0 amide bonds. The summed E-state index contributed by atoms with van der Waals surface area (Å²) < 4.78 is 2.19. The number of hydrogen-bond acceptors (Lipinski definition) is 1. The van der Waals surface area contributed by atoms with Gasteiger partial charge >= 0.3 is 0 Å². The summed E-state index contributed by atoms with van der Waals surface area (Å²) in [4.78, 5) is 0.